The number of aryl methyl sites for hydroxylation is 1. The highest BCUT2D eigenvalue weighted by Crippen LogP contribution is 2.19. The monoisotopic (exact) mass is 844 g/mol. The predicted octanol–water partition coefficient (Wildman–Crippen LogP) is 4.21. The van der Waals surface area contributed by atoms with E-state index < -0.39 is 34.5 Å². The zero-order valence-corrected chi connectivity index (χ0v) is 34.1. The fourth-order valence-corrected chi connectivity index (χ4v) is 6.38. The van der Waals surface area contributed by atoms with Gasteiger partial charge in [-0.3, -0.25) is 19.1 Å². The molecule has 0 atom stereocenters. The van der Waals surface area contributed by atoms with Gasteiger partial charge < -0.3 is 44.5 Å². The van der Waals surface area contributed by atoms with Gasteiger partial charge >= 0.3 is 11.9 Å². The Morgan fingerprint density at radius 3 is 1.83 bits per heavy atom. The fourth-order valence-electron chi connectivity index (χ4n) is 5.37. The van der Waals surface area contributed by atoms with Crippen molar-refractivity contribution in [2.45, 2.75) is 69.3 Å². The topological polar surface area (TPSA) is 238 Å². The summed E-state index contributed by atoms with van der Waals surface area (Å²) in [5.74, 6) is -1.76. The van der Waals surface area contributed by atoms with Crippen molar-refractivity contribution >= 4 is 39.6 Å². The van der Waals surface area contributed by atoms with Crippen molar-refractivity contribution in [2.75, 3.05) is 70.7 Å². The van der Waals surface area contributed by atoms with Crippen LogP contribution >= 0.6 is 0 Å². The van der Waals surface area contributed by atoms with Crippen LogP contribution in [0, 0.1) is 0 Å². The number of rotatable bonds is 33. The SMILES string of the molecule is O=C(O)CCCCCCCCCc1ccc(OCc2ccc(S(=O)(=O)Nc3ccc(C(=O)NCCOCCOCC(=O)NCCOCCOCC(=O)O)cn3)cc2)cc1. The molecule has 0 saturated heterocycles. The summed E-state index contributed by atoms with van der Waals surface area (Å²) < 4.78 is 55.0. The molecular formula is C41H56N4O13S. The molecule has 0 bridgehead atoms. The molecule has 0 aliphatic rings. The number of amides is 2. The Balaban J connectivity index is 1.24. The molecule has 0 fully saturated rings. The molecule has 0 aliphatic carbocycles. The number of hydrogen-bond donors (Lipinski definition) is 5. The Labute approximate surface area is 345 Å². The van der Waals surface area contributed by atoms with Crippen LogP contribution in [0.15, 0.2) is 71.8 Å². The van der Waals surface area contributed by atoms with Crippen LogP contribution in [0.4, 0.5) is 5.82 Å². The maximum absolute atomic E-state index is 13.0. The van der Waals surface area contributed by atoms with E-state index >= 15 is 0 Å². The van der Waals surface area contributed by atoms with Gasteiger partial charge in [-0.2, -0.15) is 0 Å². The van der Waals surface area contributed by atoms with Crippen molar-refractivity contribution in [1.29, 1.82) is 0 Å². The molecule has 0 radical (unpaired) electrons. The number of carbonyl (C=O) groups excluding carboxylic acids is 2. The van der Waals surface area contributed by atoms with E-state index in [1.54, 1.807) is 12.1 Å². The number of carboxylic acid groups (broad SMARTS) is 2. The Bertz CT molecular complexity index is 1790. The third kappa shape index (κ3) is 22.0. The number of hydrogen-bond acceptors (Lipinski definition) is 12. The predicted molar refractivity (Wildman–Crippen MR) is 217 cm³/mol. The molecule has 3 rings (SSSR count). The molecule has 2 aromatic carbocycles. The molecule has 17 nitrogen and oxygen atoms in total. The summed E-state index contributed by atoms with van der Waals surface area (Å²) in [5, 5.41) is 22.5. The van der Waals surface area contributed by atoms with E-state index in [-0.39, 0.29) is 94.5 Å². The van der Waals surface area contributed by atoms with Crippen LogP contribution in [-0.4, -0.2) is 113 Å². The summed E-state index contributed by atoms with van der Waals surface area (Å²) in [6.07, 6.45) is 9.83. The molecular weight excluding hydrogens is 789 g/mol. The van der Waals surface area contributed by atoms with Gasteiger partial charge in [0.05, 0.1) is 50.1 Å². The second-order valence-electron chi connectivity index (χ2n) is 13.3. The second-order valence-corrected chi connectivity index (χ2v) is 15.0. The quantitative estimate of drug-likeness (QED) is 0.0541. The average molecular weight is 845 g/mol. The highest BCUT2D eigenvalue weighted by atomic mass is 32.2. The van der Waals surface area contributed by atoms with Crippen molar-refractivity contribution in [1.82, 2.24) is 15.6 Å². The van der Waals surface area contributed by atoms with Crippen molar-refractivity contribution in [2.24, 2.45) is 0 Å². The van der Waals surface area contributed by atoms with Crippen LogP contribution < -0.4 is 20.1 Å². The number of ether oxygens (including phenoxy) is 5. The normalized spacial score (nSPS) is 11.2. The van der Waals surface area contributed by atoms with Crippen molar-refractivity contribution in [3.05, 3.63) is 83.6 Å². The second kappa shape index (κ2) is 28.3. The fraction of sp³-hybridized carbons (Fsp3) is 0.488. The number of nitrogens with zero attached hydrogens (tertiary/aromatic N) is 1. The summed E-state index contributed by atoms with van der Waals surface area (Å²) in [6.45, 7) is 1.34. The van der Waals surface area contributed by atoms with E-state index in [2.05, 4.69) is 32.5 Å². The van der Waals surface area contributed by atoms with Crippen molar-refractivity contribution < 1.29 is 61.5 Å². The van der Waals surface area contributed by atoms with Gasteiger partial charge in [-0.05, 0) is 66.8 Å². The van der Waals surface area contributed by atoms with E-state index in [1.807, 2.05) is 12.1 Å². The minimum atomic E-state index is -3.94. The van der Waals surface area contributed by atoms with Crippen LogP contribution in [0.3, 0.4) is 0 Å². The first-order valence-corrected chi connectivity index (χ1v) is 21.1. The van der Waals surface area contributed by atoms with Gasteiger partial charge in [-0.15, -0.1) is 0 Å². The molecule has 1 aromatic heterocycles. The van der Waals surface area contributed by atoms with Crippen LogP contribution in [0.5, 0.6) is 5.75 Å². The number of benzene rings is 2. The maximum atomic E-state index is 13.0. The van der Waals surface area contributed by atoms with E-state index in [4.69, 9.17) is 33.9 Å². The highest BCUT2D eigenvalue weighted by molar-refractivity contribution is 7.92. The van der Waals surface area contributed by atoms with Crippen LogP contribution in [-0.2, 0) is 56.4 Å². The van der Waals surface area contributed by atoms with E-state index in [0.717, 1.165) is 56.9 Å². The number of aliphatic carboxylic acids is 2. The standard InChI is InChI=1S/C41H56N4O13S/c46-38(42-20-22-54-25-27-57-31-40(49)50)30-56-26-24-55-23-21-43-41(51)34-14-19-37(44-28-34)45-59(52,53)36-17-12-33(13-18-36)29-58-35-15-10-32(11-16-35)8-6-4-2-1-3-5-7-9-39(47)48/h10-19,28H,1-9,20-27,29-31H2,(H,42,46)(H,43,51)(H,44,45)(H,47,48)(H,49,50). The number of aromatic nitrogens is 1. The summed E-state index contributed by atoms with van der Waals surface area (Å²) >= 11 is 0. The molecule has 0 unspecified atom stereocenters. The molecule has 2 amide bonds. The van der Waals surface area contributed by atoms with Gasteiger partial charge in [0.25, 0.3) is 15.9 Å². The first kappa shape index (κ1) is 48.2. The lowest BCUT2D eigenvalue weighted by Gasteiger charge is -2.10. The number of anilines is 1. The molecule has 5 N–H and O–H groups in total. The summed E-state index contributed by atoms with van der Waals surface area (Å²) in [5.41, 5.74) is 2.26. The van der Waals surface area contributed by atoms with Crippen LogP contribution in [0.1, 0.15) is 72.9 Å². The Hall–Kier alpha value is -5.14. The zero-order chi connectivity index (χ0) is 42.6. The molecule has 0 saturated carbocycles. The lowest BCUT2D eigenvalue weighted by Crippen LogP contribution is -2.31. The number of unbranched alkanes of at least 4 members (excludes halogenated alkanes) is 6. The minimum absolute atomic E-state index is 0.0436. The van der Waals surface area contributed by atoms with E-state index in [1.165, 1.54) is 36.0 Å². The highest BCUT2D eigenvalue weighted by Gasteiger charge is 2.16. The average Bonchev–Trinajstić information content (AvgIpc) is 3.21. The third-order valence-corrected chi connectivity index (χ3v) is 9.86. The maximum Gasteiger partial charge on any atom is 0.329 e. The molecule has 1 heterocycles. The largest absolute Gasteiger partial charge is 0.489 e. The van der Waals surface area contributed by atoms with Gasteiger partial charge in [-0.1, -0.05) is 56.4 Å². The number of carbonyl (C=O) groups is 4. The van der Waals surface area contributed by atoms with Gasteiger partial charge in [-0.25, -0.2) is 18.2 Å². The molecule has 0 aliphatic heterocycles. The van der Waals surface area contributed by atoms with Crippen LogP contribution in [0.2, 0.25) is 0 Å². The number of sulfonamides is 1. The van der Waals surface area contributed by atoms with Gasteiger partial charge in [0.1, 0.15) is 31.4 Å². The number of pyridine rings is 1. The first-order chi connectivity index (χ1) is 28.5. The van der Waals surface area contributed by atoms with Crippen molar-refractivity contribution in [3.8, 4) is 5.75 Å². The molecule has 18 heteroatoms. The van der Waals surface area contributed by atoms with Gasteiger partial charge in [0.15, 0.2) is 0 Å². The van der Waals surface area contributed by atoms with E-state index in [0.29, 0.717) is 5.75 Å². The number of nitrogens with one attached hydrogen (secondary N) is 3. The lowest BCUT2D eigenvalue weighted by atomic mass is 10.0. The number of carboxylic acids is 2. The Morgan fingerprint density at radius 1 is 0.610 bits per heavy atom. The lowest BCUT2D eigenvalue weighted by molar-refractivity contribution is -0.143. The Morgan fingerprint density at radius 2 is 1.20 bits per heavy atom. The first-order valence-electron chi connectivity index (χ1n) is 19.6. The summed E-state index contributed by atoms with van der Waals surface area (Å²) in [7, 11) is -3.94. The van der Waals surface area contributed by atoms with E-state index in [9.17, 15) is 27.6 Å². The molecule has 3 aromatic rings. The molecule has 59 heavy (non-hydrogen) atoms. The van der Waals surface area contributed by atoms with Gasteiger partial charge in [0.2, 0.25) is 5.91 Å². The van der Waals surface area contributed by atoms with Crippen LogP contribution in [0.25, 0.3) is 0 Å². The third-order valence-electron chi connectivity index (χ3n) is 8.49. The van der Waals surface area contributed by atoms with Gasteiger partial charge in [0, 0.05) is 25.7 Å². The molecule has 324 valence electrons. The Kier molecular flexibility index (Phi) is 23.1. The zero-order valence-electron chi connectivity index (χ0n) is 33.2. The smallest absolute Gasteiger partial charge is 0.329 e. The summed E-state index contributed by atoms with van der Waals surface area (Å²) in [4.78, 5) is 49.3. The summed E-state index contributed by atoms with van der Waals surface area (Å²) in [6, 6.07) is 17.1. The minimum Gasteiger partial charge on any atom is -0.489 e. The van der Waals surface area contributed by atoms with Crippen molar-refractivity contribution in [3.63, 3.8) is 0 Å². The molecule has 0 spiro atoms.